The Morgan fingerprint density at radius 1 is 1.41 bits per heavy atom. The summed E-state index contributed by atoms with van der Waals surface area (Å²) in [7, 11) is 1.68. The molecule has 2 saturated heterocycles. The normalized spacial score (nSPS) is 25.9. The van der Waals surface area contributed by atoms with Crippen LogP contribution in [-0.2, 0) is 6.42 Å². The first-order valence-electron chi connectivity index (χ1n) is 9.82. The van der Waals surface area contributed by atoms with Crippen LogP contribution in [0.4, 0.5) is 4.79 Å². The van der Waals surface area contributed by atoms with Crippen molar-refractivity contribution in [3.63, 3.8) is 0 Å². The van der Waals surface area contributed by atoms with Crippen LogP contribution in [0.1, 0.15) is 30.0 Å². The van der Waals surface area contributed by atoms with E-state index in [9.17, 15) is 4.79 Å². The molecule has 0 bridgehead atoms. The Bertz CT molecular complexity index is 1000. The molecule has 1 unspecified atom stereocenters. The Morgan fingerprint density at radius 2 is 2.28 bits per heavy atom. The summed E-state index contributed by atoms with van der Waals surface area (Å²) in [5.74, 6) is 0.672. The number of urea groups is 1. The lowest BCUT2D eigenvalue weighted by Crippen LogP contribution is -2.46. The fraction of sp³-hybridized carbons (Fsp3) is 0.429. The first-order chi connectivity index (χ1) is 14.0. The van der Waals surface area contributed by atoms with Crippen LogP contribution in [0.25, 0.3) is 11.3 Å². The van der Waals surface area contributed by atoms with E-state index >= 15 is 0 Å². The number of pyridine rings is 1. The molecule has 2 amide bonds. The topological polar surface area (TPSA) is 66.5 Å². The summed E-state index contributed by atoms with van der Waals surface area (Å²) in [4.78, 5) is 19.0. The van der Waals surface area contributed by atoms with Gasteiger partial charge in [0.1, 0.15) is 0 Å². The third kappa shape index (κ3) is 3.20. The monoisotopic (exact) mass is 476 g/mol. The smallest absolute Gasteiger partial charge is 0.315 e. The Balaban J connectivity index is 1.48. The van der Waals surface area contributed by atoms with Gasteiger partial charge in [-0.3, -0.25) is 4.90 Å². The SMILES string of the molecule is COc1nc(-c2cccc(Br)c2Cl)cc2c1C(N1CC[C@]3(CNC(=O)N3)C1)CC2. The number of methoxy groups -OCH3 is 1. The molecule has 2 atom stereocenters. The lowest BCUT2D eigenvalue weighted by atomic mass is 10.0. The van der Waals surface area contributed by atoms with Crippen LogP contribution in [0.2, 0.25) is 5.02 Å². The van der Waals surface area contributed by atoms with Gasteiger partial charge in [-0.2, -0.15) is 0 Å². The molecule has 1 aromatic heterocycles. The fourth-order valence-electron chi connectivity index (χ4n) is 4.94. The Hall–Kier alpha value is -1.83. The van der Waals surface area contributed by atoms with Gasteiger partial charge in [0, 0.05) is 41.3 Å². The summed E-state index contributed by atoms with van der Waals surface area (Å²) in [5.41, 5.74) is 4.02. The number of aryl methyl sites for hydroxylation is 1. The highest BCUT2D eigenvalue weighted by molar-refractivity contribution is 9.10. The van der Waals surface area contributed by atoms with Crippen molar-refractivity contribution < 1.29 is 9.53 Å². The molecule has 1 aliphatic carbocycles. The van der Waals surface area contributed by atoms with E-state index in [0.717, 1.165) is 48.1 Å². The molecule has 3 aliphatic rings. The van der Waals surface area contributed by atoms with Crippen LogP contribution in [0.3, 0.4) is 0 Å². The molecule has 2 fully saturated rings. The number of nitrogens with one attached hydrogen (secondary N) is 2. The standard InChI is InChI=1S/C21H22BrClN4O2/c1-29-19-17-12(9-15(25-19)13-3-2-4-14(22)18(13)23)5-6-16(17)27-8-7-21(11-27)10-24-20(28)26-21/h2-4,9,16H,5-8,10-11H2,1H3,(H2,24,26,28)/t16?,21-/m0/s1. The number of rotatable bonds is 3. The van der Waals surface area contributed by atoms with Crippen molar-refractivity contribution in [1.82, 2.24) is 20.5 Å². The zero-order chi connectivity index (χ0) is 20.2. The first-order valence-corrected chi connectivity index (χ1v) is 11.0. The molecule has 8 heteroatoms. The molecule has 0 radical (unpaired) electrons. The van der Waals surface area contributed by atoms with Gasteiger partial charge in [0.05, 0.1) is 23.4 Å². The minimum absolute atomic E-state index is 0.0616. The highest BCUT2D eigenvalue weighted by atomic mass is 79.9. The van der Waals surface area contributed by atoms with Gasteiger partial charge in [0.2, 0.25) is 5.88 Å². The highest BCUT2D eigenvalue weighted by Crippen LogP contribution is 2.45. The summed E-state index contributed by atoms with van der Waals surface area (Å²) in [5, 5.41) is 6.69. The maximum absolute atomic E-state index is 11.7. The largest absolute Gasteiger partial charge is 0.481 e. The molecule has 0 saturated carbocycles. The van der Waals surface area contributed by atoms with Crippen molar-refractivity contribution in [2.75, 3.05) is 26.7 Å². The number of benzene rings is 1. The molecule has 6 nitrogen and oxygen atoms in total. The Morgan fingerprint density at radius 3 is 3.03 bits per heavy atom. The Kier molecular flexibility index (Phi) is 4.72. The number of aromatic nitrogens is 1. The van der Waals surface area contributed by atoms with Gasteiger partial charge >= 0.3 is 6.03 Å². The van der Waals surface area contributed by atoms with E-state index in [-0.39, 0.29) is 17.6 Å². The third-order valence-electron chi connectivity index (χ3n) is 6.34. The number of ether oxygens (including phenoxy) is 1. The number of amides is 2. The van der Waals surface area contributed by atoms with Crippen molar-refractivity contribution in [2.24, 2.45) is 0 Å². The van der Waals surface area contributed by atoms with E-state index in [1.165, 1.54) is 11.1 Å². The molecular weight excluding hydrogens is 456 g/mol. The molecule has 2 N–H and O–H groups in total. The number of nitrogens with zero attached hydrogens (tertiary/aromatic N) is 2. The maximum atomic E-state index is 11.7. The average molecular weight is 478 g/mol. The van der Waals surface area contributed by atoms with E-state index in [2.05, 4.69) is 37.5 Å². The minimum Gasteiger partial charge on any atom is -0.481 e. The number of carbonyl (C=O) groups excluding carboxylic acids is 1. The van der Waals surface area contributed by atoms with E-state index in [1.54, 1.807) is 7.11 Å². The van der Waals surface area contributed by atoms with Crippen LogP contribution in [0.5, 0.6) is 5.88 Å². The molecule has 29 heavy (non-hydrogen) atoms. The van der Waals surface area contributed by atoms with Gasteiger partial charge < -0.3 is 15.4 Å². The first kappa shape index (κ1) is 19.2. The molecule has 5 rings (SSSR count). The van der Waals surface area contributed by atoms with Gasteiger partial charge in [0.15, 0.2) is 0 Å². The molecule has 2 aromatic rings. The van der Waals surface area contributed by atoms with E-state index in [4.69, 9.17) is 21.3 Å². The maximum Gasteiger partial charge on any atom is 0.315 e. The van der Waals surface area contributed by atoms with Crippen LogP contribution in [0.15, 0.2) is 28.7 Å². The molecule has 2 aliphatic heterocycles. The Labute approximate surface area is 183 Å². The number of carbonyl (C=O) groups is 1. The quantitative estimate of drug-likeness (QED) is 0.703. The summed E-state index contributed by atoms with van der Waals surface area (Å²) in [6, 6.07) is 8.21. The number of halogens is 2. The van der Waals surface area contributed by atoms with Gasteiger partial charge in [-0.15, -0.1) is 0 Å². The zero-order valence-electron chi connectivity index (χ0n) is 16.1. The number of hydrogen-bond donors (Lipinski definition) is 2. The second-order valence-electron chi connectivity index (χ2n) is 8.05. The fourth-order valence-corrected chi connectivity index (χ4v) is 5.53. The number of likely N-dealkylation sites (tertiary alicyclic amines) is 1. The molecule has 152 valence electrons. The van der Waals surface area contributed by atoms with Gasteiger partial charge in [-0.1, -0.05) is 23.7 Å². The van der Waals surface area contributed by atoms with Gasteiger partial charge in [0.25, 0.3) is 0 Å². The van der Waals surface area contributed by atoms with Crippen molar-refractivity contribution in [3.8, 4) is 17.1 Å². The molecular formula is C21H22BrClN4O2. The van der Waals surface area contributed by atoms with Crippen molar-refractivity contribution >= 4 is 33.6 Å². The predicted molar refractivity (Wildman–Crippen MR) is 115 cm³/mol. The molecule has 3 heterocycles. The summed E-state index contributed by atoms with van der Waals surface area (Å²) in [6.45, 7) is 2.49. The summed E-state index contributed by atoms with van der Waals surface area (Å²) >= 11 is 10.0. The molecule has 1 aromatic carbocycles. The van der Waals surface area contributed by atoms with E-state index in [0.29, 0.717) is 17.4 Å². The zero-order valence-corrected chi connectivity index (χ0v) is 18.4. The van der Waals surface area contributed by atoms with Crippen molar-refractivity contribution in [2.45, 2.75) is 30.8 Å². The van der Waals surface area contributed by atoms with E-state index < -0.39 is 0 Å². The minimum atomic E-state index is -0.149. The average Bonchev–Trinajstić information content (AvgIpc) is 3.42. The third-order valence-corrected chi connectivity index (χ3v) is 7.64. The molecule has 1 spiro atoms. The summed E-state index contributed by atoms with van der Waals surface area (Å²) in [6.07, 6.45) is 2.96. The van der Waals surface area contributed by atoms with Gasteiger partial charge in [-0.25, -0.2) is 9.78 Å². The number of fused-ring (bicyclic) bond motifs is 1. The lowest BCUT2D eigenvalue weighted by molar-refractivity contribution is 0.219. The van der Waals surface area contributed by atoms with Crippen LogP contribution in [0, 0.1) is 0 Å². The van der Waals surface area contributed by atoms with Crippen molar-refractivity contribution in [3.05, 3.63) is 44.9 Å². The van der Waals surface area contributed by atoms with Crippen LogP contribution < -0.4 is 15.4 Å². The second kappa shape index (κ2) is 7.15. The van der Waals surface area contributed by atoms with E-state index in [1.807, 2.05) is 18.2 Å². The van der Waals surface area contributed by atoms with Gasteiger partial charge in [-0.05, 0) is 52.9 Å². The predicted octanol–water partition coefficient (Wildman–Crippen LogP) is 3.92. The van der Waals surface area contributed by atoms with Crippen LogP contribution in [-0.4, -0.2) is 48.2 Å². The lowest BCUT2D eigenvalue weighted by Gasteiger charge is -2.28. The van der Waals surface area contributed by atoms with Crippen LogP contribution >= 0.6 is 27.5 Å². The van der Waals surface area contributed by atoms with Crippen molar-refractivity contribution in [1.29, 1.82) is 0 Å². The highest BCUT2D eigenvalue weighted by Gasteiger charge is 2.46. The summed E-state index contributed by atoms with van der Waals surface area (Å²) < 4.78 is 6.59. The second-order valence-corrected chi connectivity index (χ2v) is 9.29. The number of hydrogen-bond acceptors (Lipinski definition) is 4.